The van der Waals surface area contributed by atoms with Gasteiger partial charge in [-0.15, -0.1) is 0 Å². The Morgan fingerprint density at radius 2 is 2.13 bits per heavy atom. The lowest BCUT2D eigenvalue weighted by Crippen LogP contribution is -2.44. The number of hydrogen-bond acceptors (Lipinski definition) is 3. The molecule has 15 heavy (non-hydrogen) atoms. The van der Waals surface area contributed by atoms with Gasteiger partial charge in [-0.3, -0.25) is 0 Å². The molecule has 0 amide bonds. The molecule has 1 heterocycles. The molecule has 0 atom stereocenters. The summed E-state index contributed by atoms with van der Waals surface area (Å²) in [4.78, 5) is 4.29. The molecule has 0 unspecified atom stereocenters. The number of rotatable bonds is 5. The highest BCUT2D eigenvalue weighted by atomic mass is 79.9. The van der Waals surface area contributed by atoms with Crippen molar-refractivity contribution in [2.45, 2.75) is 32.2 Å². The monoisotopic (exact) mass is 271 g/mol. The van der Waals surface area contributed by atoms with Crippen molar-refractivity contribution in [3.05, 3.63) is 22.8 Å². The molecular weight excluding hydrogens is 254 g/mol. The Morgan fingerprint density at radius 3 is 2.60 bits per heavy atom. The summed E-state index contributed by atoms with van der Waals surface area (Å²) in [5.74, 6) is 0.867. The van der Waals surface area contributed by atoms with E-state index in [1.165, 1.54) is 0 Å². The predicted octanol–water partition coefficient (Wildman–Crippen LogP) is 2.77. The van der Waals surface area contributed by atoms with Crippen LogP contribution in [0.5, 0.6) is 0 Å². The Hall–Kier alpha value is -0.610. The van der Waals surface area contributed by atoms with Gasteiger partial charge >= 0.3 is 0 Å². The highest BCUT2D eigenvalue weighted by Gasteiger charge is 2.24. The van der Waals surface area contributed by atoms with Crippen molar-refractivity contribution >= 4 is 21.7 Å². The maximum Gasteiger partial charge on any atom is 0.140 e. The van der Waals surface area contributed by atoms with Crippen molar-refractivity contribution in [2.75, 3.05) is 11.9 Å². The standard InChI is InChI=1S/C11H18BrN3/c1-3-11(4-2,8-13)15-10-9(12)6-5-7-14-10/h5-7H,3-4,8,13H2,1-2H3,(H,14,15). The predicted molar refractivity (Wildman–Crippen MR) is 67.9 cm³/mol. The van der Waals surface area contributed by atoms with E-state index in [1.54, 1.807) is 6.20 Å². The molecule has 0 fully saturated rings. The number of anilines is 1. The summed E-state index contributed by atoms with van der Waals surface area (Å²) in [7, 11) is 0. The van der Waals surface area contributed by atoms with Gasteiger partial charge in [0.05, 0.1) is 10.0 Å². The van der Waals surface area contributed by atoms with Crippen LogP contribution in [0.15, 0.2) is 22.8 Å². The number of nitrogens with zero attached hydrogens (tertiary/aromatic N) is 1. The van der Waals surface area contributed by atoms with E-state index in [4.69, 9.17) is 5.73 Å². The third-order valence-electron chi connectivity index (χ3n) is 2.89. The summed E-state index contributed by atoms with van der Waals surface area (Å²) >= 11 is 3.47. The first-order chi connectivity index (χ1) is 7.17. The summed E-state index contributed by atoms with van der Waals surface area (Å²) in [5.41, 5.74) is 5.78. The second kappa shape index (κ2) is 5.47. The Labute approximate surface area is 99.6 Å². The van der Waals surface area contributed by atoms with Crippen LogP contribution in [0.2, 0.25) is 0 Å². The van der Waals surface area contributed by atoms with Crippen molar-refractivity contribution in [1.82, 2.24) is 4.98 Å². The van der Waals surface area contributed by atoms with Crippen molar-refractivity contribution in [1.29, 1.82) is 0 Å². The molecule has 1 rings (SSSR count). The minimum absolute atomic E-state index is 0.0448. The topological polar surface area (TPSA) is 50.9 Å². The zero-order valence-corrected chi connectivity index (χ0v) is 10.8. The zero-order valence-electron chi connectivity index (χ0n) is 9.26. The fourth-order valence-corrected chi connectivity index (χ4v) is 1.85. The molecule has 3 nitrogen and oxygen atoms in total. The molecule has 84 valence electrons. The van der Waals surface area contributed by atoms with Crippen LogP contribution in [0.1, 0.15) is 26.7 Å². The molecule has 4 heteroatoms. The van der Waals surface area contributed by atoms with E-state index >= 15 is 0 Å². The normalized spacial score (nSPS) is 11.5. The average molecular weight is 272 g/mol. The Balaban J connectivity index is 2.88. The van der Waals surface area contributed by atoms with Crippen LogP contribution in [0.25, 0.3) is 0 Å². The molecule has 0 aromatic carbocycles. The largest absolute Gasteiger partial charge is 0.362 e. The Morgan fingerprint density at radius 1 is 1.47 bits per heavy atom. The molecule has 0 aliphatic rings. The van der Waals surface area contributed by atoms with E-state index in [-0.39, 0.29) is 5.54 Å². The van der Waals surface area contributed by atoms with Crippen molar-refractivity contribution in [3.63, 3.8) is 0 Å². The molecule has 0 aliphatic heterocycles. The van der Waals surface area contributed by atoms with Crippen LogP contribution >= 0.6 is 15.9 Å². The van der Waals surface area contributed by atoms with E-state index in [0.29, 0.717) is 6.54 Å². The van der Waals surface area contributed by atoms with Gasteiger partial charge in [-0.05, 0) is 40.9 Å². The third-order valence-corrected chi connectivity index (χ3v) is 3.53. The number of aromatic nitrogens is 1. The first-order valence-corrected chi connectivity index (χ1v) is 6.05. The molecule has 1 aromatic heterocycles. The third kappa shape index (κ3) is 2.92. The van der Waals surface area contributed by atoms with E-state index in [0.717, 1.165) is 23.1 Å². The second-order valence-corrected chi connectivity index (χ2v) is 4.50. The summed E-state index contributed by atoms with van der Waals surface area (Å²) < 4.78 is 0.977. The minimum Gasteiger partial charge on any atom is -0.362 e. The molecule has 0 saturated heterocycles. The number of nitrogens with two attached hydrogens (primary N) is 1. The first kappa shape index (κ1) is 12.5. The molecule has 0 spiro atoms. The molecule has 1 aromatic rings. The van der Waals surface area contributed by atoms with Crippen LogP contribution in [-0.2, 0) is 0 Å². The summed E-state index contributed by atoms with van der Waals surface area (Å²) in [6.07, 6.45) is 3.76. The molecule has 0 aliphatic carbocycles. The fraction of sp³-hybridized carbons (Fsp3) is 0.545. The number of nitrogens with one attached hydrogen (secondary N) is 1. The minimum atomic E-state index is -0.0448. The summed E-state index contributed by atoms with van der Waals surface area (Å²) in [5, 5.41) is 3.43. The van der Waals surface area contributed by atoms with Gasteiger partial charge in [0.1, 0.15) is 5.82 Å². The van der Waals surface area contributed by atoms with Crippen LogP contribution in [0.4, 0.5) is 5.82 Å². The van der Waals surface area contributed by atoms with Crippen LogP contribution < -0.4 is 11.1 Å². The Bertz CT molecular complexity index is 302. The van der Waals surface area contributed by atoms with Gasteiger partial charge < -0.3 is 11.1 Å². The molecule has 0 bridgehead atoms. The van der Waals surface area contributed by atoms with Gasteiger partial charge in [0.2, 0.25) is 0 Å². The summed E-state index contributed by atoms with van der Waals surface area (Å²) in [6, 6.07) is 3.87. The van der Waals surface area contributed by atoms with Crippen molar-refractivity contribution in [2.24, 2.45) is 5.73 Å². The van der Waals surface area contributed by atoms with Gasteiger partial charge in [-0.25, -0.2) is 4.98 Å². The van der Waals surface area contributed by atoms with Gasteiger partial charge in [0.15, 0.2) is 0 Å². The number of hydrogen-bond donors (Lipinski definition) is 2. The van der Waals surface area contributed by atoms with Crippen LogP contribution in [0.3, 0.4) is 0 Å². The lowest BCUT2D eigenvalue weighted by atomic mass is 9.93. The van der Waals surface area contributed by atoms with Gasteiger partial charge in [0.25, 0.3) is 0 Å². The quantitative estimate of drug-likeness (QED) is 0.866. The van der Waals surface area contributed by atoms with E-state index in [2.05, 4.69) is 40.1 Å². The van der Waals surface area contributed by atoms with Gasteiger partial charge in [-0.2, -0.15) is 0 Å². The Kier molecular flexibility index (Phi) is 4.54. The van der Waals surface area contributed by atoms with E-state index in [9.17, 15) is 0 Å². The smallest absolute Gasteiger partial charge is 0.140 e. The number of pyridine rings is 1. The first-order valence-electron chi connectivity index (χ1n) is 5.26. The van der Waals surface area contributed by atoms with Crippen molar-refractivity contribution < 1.29 is 0 Å². The lowest BCUT2D eigenvalue weighted by molar-refractivity contribution is 0.443. The van der Waals surface area contributed by atoms with Crippen molar-refractivity contribution in [3.8, 4) is 0 Å². The zero-order chi connectivity index (χ0) is 11.3. The number of halogens is 1. The molecule has 3 N–H and O–H groups in total. The van der Waals surface area contributed by atoms with Gasteiger partial charge in [0, 0.05) is 12.7 Å². The van der Waals surface area contributed by atoms with Gasteiger partial charge in [-0.1, -0.05) is 13.8 Å². The molecule has 0 radical (unpaired) electrons. The average Bonchev–Trinajstić information content (AvgIpc) is 2.29. The molecule has 0 saturated carbocycles. The summed E-state index contributed by atoms with van der Waals surface area (Å²) in [6.45, 7) is 4.89. The highest BCUT2D eigenvalue weighted by molar-refractivity contribution is 9.10. The SMILES string of the molecule is CCC(CC)(CN)Nc1ncccc1Br. The van der Waals surface area contributed by atoms with Crippen LogP contribution in [-0.4, -0.2) is 17.1 Å². The van der Waals surface area contributed by atoms with E-state index < -0.39 is 0 Å². The maximum atomic E-state index is 5.82. The second-order valence-electron chi connectivity index (χ2n) is 3.65. The highest BCUT2D eigenvalue weighted by Crippen LogP contribution is 2.25. The lowest BCUT2D eigenvalue weighted by Gasteiger charge is -2.32. The fourth-order valence-electron chi connectivity index (χ4n) is 1.50. The molecular formula is C11H18BrN3. The van der Waals surface area contributed by atoms with Crippen LogP contribution in [0, 0.1) is 0 Å². The van der Waals surface area contributed by atoms with E-state index in [1.807, 2.05) is 12.1 Å². The maximum absolute atomic E-state index is 5.82.